The van der Waals surface area contributed by atoms with Gasteiger partial charge in [-0.1, -0.05) is 31.5 Å². The summed E-state index contributed by atoms with van der Waals surface area (Å²) in [6.07, 6.45) is 0. The monoisotopic (exact) mass is 235 g/mol. The van der Waals surface area contributed by atoms with E-state index in [-0.39, 0.29) is 5.60 Å². The molecule has 96 valence electrons. The second kappa shape index (κ2) is 7.00. The molecule has 0 aliphatic rings. The Hall–Kier alpha value is -1.44. The van der Waals surface area contributed by atoms with Crippen LogP contribution < -0.4 is 5.32 Å². The normalized spacial score (nSPS) is 10.0. The zero-order valence-corrected chi connectivity index (χ0v) is 11.9. The van der Waals surface area contributed by atoms with Crippen molar-refractivity contribution in [3.63, 3.8) is 0 Å². The molecule has 1 N–H and O–H groups in total. The average Bonchev–Trinajstić information content (AvgIpc) is 2.22. The second-order valence-electron chi connectivity index (χ2n) is 4.63. The van der Waals surface area contributed by atoms with E-state index in [1.807, 2.05) is 58.9 Å². The van der Waals surface area contributed by atoms with Gasteiger partial charge in [0.05, 0.1) is 0 Å². The summed E-state index contributed by atoms with van der Waals surface area (Å²) in [6.45, 7) is 15.9. The topological polar surface area (TPSA) is 21.3 Å². The molecular formula is C15H25NO. The molecule has 0 atom stereocenters. The van der Waals surface area contributed by atoms with E-state index < -0.39 is 0 Å². The van der Waals surface area contributed by atoms with Crippen molar-refractivity contribution >= 4 is 5.69 Å². The van der Waals surface area contributed by atoms with Crippen molar-refractivity contribution in [2.45, 2.75) is 47.1 Å². The number of hydrogen-bond donors (Lipinski definition) is 1. The summed E-state index contributed by atoms with van der Waals surface area (Å²) in [5.74, 6) is 0.575. The molecule has 1 rings (SSSR count). The van der Waals surface area contributed by atoms with E-state index in [1.54, 1.807) is 0 Å². The zero-order chi connectivity index (χ0) is 13.5. The van der Waals surface area contributed by atoms with Gasteiger partial charge >= 0.3 is 0 Å². The molecule has 0 spiro atoms. The minimum atomic E-state index is -0.214. The molecule has 0 aromatic heterocycles. The third kappa shape index (κ3) is 7.45. The first-order valence-corrected chi connectivity index (χ1v) is 6.08. The number of aryl methyl sites for hydroxylation is 1. The third-order valence-corrected chi connectivity index (χ3v) is 1.76. The Balaban J connectivity index is 0.00000121. The molecular weight excluding hydrogens is 210 g/mol. The number of ether oxygens (including phenoxy) is 1. The summed E-state index contributed by atoms with van der Waals surface area (Å²) in [6, 6.07) is 8.11. The first-order chi connectivity index (χ1) is 7.87. The molecule has 0 amide bonds. The van der Waals surface area contributed by atoms with Crippen molar-refractivity contribution in [2.24, 2.45) is 0 Å². The molecule has 0 heterocycles. The first kappa shape index (κ1) is 15.6. The molecule has 2 nitrogen and oxygen atoms in total. The standard InChI is InChI=1S/C13H19NO.C2H6/c1-10-6-8-12(9-7-10)14-11(2)15-13(3,4)5;1-2/h6-9,14H,2H2,1,3-5H3;1-2H3. The van der Waals surface area contributed by atoms with E-state index in [4.69, 9.17) is 4.74 Å². The lowest BCUT2D eigenvalue weighted by Crippen LogP contribution is -2.21. The summed E-state index contributed by atoms with van der Waals surface area (Å²) in [4.78, 5) is 0. The molecule has 17 heavy (non-hydrogen) atoms. The molecule has 0 radical (unpaired) electrons. The van der Waals surface area contributed by atoms with Gasteiger partial charge in [0.1, 0.15) is 5.60 Å². The quantitative estimate of drug-likeness (QED) is 0.765. The van der Waals surface area contributed by atoms with Crippen LogP contribution in [0, 0.1) is 6.92 Å². The van der Waals surface area contributed by atoms with Crippen LogP contribution in [0.1, 0.15) is 40.2 Å². The van der Waals surface area contributed by atoms with Gasteiger partial charge in [-0.15, -0.1) is 0 Å². The largest absolute Gasteiger partial charge is 0.474 e. The lowest BCUT2D eigenvalue weighted by molar-refractivity contribution is 0.0565. The SMILES string of the molecule is C=C(Nc1ccc(C)cc1)OC(C)(C)C.CC. The van der Waals surface area contributed by atoms with Crippen molar-refractivity contribution in [3.8, 4) is 0 Å². The van der Waals surface area contributed by atoms with E-state index in [0.29, 0.717) is 5.88 Å². The van der Waals surface area contributed by atoms with Crippen molar-refractivity contribution < 1.29 is 4.74 Å². The molecule has 0 unspecified atom stereocenters. The van der Waals surface area contributed by atoms with E-state index in [2.05, 4.69) is 18.8 Å². The van der Waals surface area contributed by atoms with Gasteiger partial charge in [-0.2, -0.15) is 0 Å². The molecule has 0 bridgehead atoms. The number of rotatable bonds is 3. The highest BCUT2D eigenvalue weighted by Crippen LogP contribution is 2.16. The summed E-state index contributed by atoms with van der Waals surface area (Å²) >= 11 is 0. The molecule has 1 aromatic rings. The fourth-order valence-electron chi connectivity index (χ4n) is 1.19. The number of anilines is 1. The fraction of sp³-hybridized carbons (Fsp3) is 0.467. The van der Waals surface area contributed by atoms with Gasteiger partial charge in [-0.05, 0) is 46.4 Å². The van der Waals surface area contributed by atoms with Crippen molar-refractivity contribution in [2.75, 3.05) is 5.32 Å². The molecule has 0 aliphatic carbocycles. The van der Waals surface area contributed by atoms with Gasteiger partial charge in [0.2, 0.25) is 0 Å². The summed E-state index contributed by atoms with van der Waals surface area (Å²) in [5, 5.41) is 3.11. The van der Waals surface area contributed by atoms with Crippen LogP contribution in [0.2, 0.25) is 0 Å². The summed E-state index contributed by atoms with van der Waals surface area (Å²) in [7, 11) is 0. The van der Waals surface area contributed by atoms with Gasteiger partial charge in [0.15, 0.2) is 5.88 Å². The summed E-state index contributed by atoms with van der Waals surface area (Å²) in [5.41, 5.74) is 2.02. The van der Waals surface area contributed by atoms with Crippen LogP contribution in [0.15, 0.2) is 36.7 Å². The van der Waals surface area contributed by atoms with Crippen molar-refractivity contribution in [1.29, 1.82) is 0 Å². The third-order valence-electron chi connectivity index (χ3n) is 1.76. The van der Waals surface area contributed by atoms with Crippen LogP contribution in [-0.2, 0) is 4.74 Å². The molecule has 1 aromatic carbocycles. The van der Waals surface area contributed by atoms with E-state index >= 15 is 0 Å². The summed E-state index contributed by atoms with van der Waals surface area (Å²) < 4.78 is 5.57. The van der Waals surface area contributed by atoms with Crippen LogP contribution in [0.3, 0.4) is 0 Å². The molecule has 0 saturated carbocycles. The van der Waals surface area contributed by atoms with Crippen LogP contribution >= 0.6 is 0 Å². The van der Waals surface area contributed by atoms with E-state index in [9.17, 15) is 0 Å². The highest BCUT2D eigenvalue weighted by Gasteiger charge is 2.12. The van der Waals surface area contributed by atoms with Crippen LogP contribution in [0.4, 0.5) is 5.69 Å². The Morgan fingerprint density at radius 2 is 1.59 bits per heavy atom. The Labute approximate surface area is 106 Å². The van der Waals surface area contributed by atoms with Gasteiger partial charge < -0.3 is 10.1 Å². The first-order valence-electron chi connectivity index (χ1n) is 6.08. The molecule has 0 aliphatic heterocycles. The predicted molar refractivity (Wildman–Crippen MR) is 76.1 cm³/mol. The van der Waals surface area contributed by atoms with E-state index in [0.717, 1.165) is 5.69 Å². The maximum atomic E-state index is 5.57. The van der Waals surface area contributed by atoms with Crippen molar-refractivity contribution in [3.05, 3.63) is 42.3 Å². The smallest absolute Gasteiger partial charge is 0.184 e. The van der Waals surface area contributed by atoms with Crippen LogP contribution in [-0.4, -0.2) is 5.60 Å². The minimum absolute atomic E-state index is 0.214. The predicted octanol–water partition coefficient (Wildman–Crippen LogP) is 4.72. The van der Waals surface area contributed by atoms with E-state index in [1.165, 1.54) is 5.56 Å². The Kier molecular flexibility index (Phi) is 6.40. The Morgan fingerprint density at radius 1 is 1.12 bits per heavy atom. The van der Waals surface area contributed by atoms with Crippen LogP contribution in [0.25, 0.3) is 0 Å². The minimum Gasteiger partial charge on any atom is -0.474 e. The average molecular weight is 235 g/mol. The number of benzene rings is 1. The second-order valence-corrected chi connectivity index (χ2v) is 4.63. The number of nitrogens with one attached hydrogen (secondary N) is 1. The molecule has 0 fully saturated rings. The lowest BCUT2D eigenvalue weighted by atomic mass is 10.2. The van der Waals surface area contributed by atoms with Crippen LogP contribution in [0.5, 0.6) is 0 Å². The maximum absolute atomic E-state index is 5.57. The Bertz CT molecular complexity index is 333. The van der Waals surface area contributed by atoms with Gasteiger partial charge in [0.25, 0.3) is 0 Å². The molecule has 0 saturated heterocycles. The fourth-order valence-corrected chi connectivity index (χ4v) is 1.19. The maximum Gasteiger partial charge on any atom is 0.184 e. The highest BCUT2D eigenvalue weighted by molar-refractivity contribution is 5.47. The zero-order valence-electron chi connectivity index (χ0n) is 11.9. The highest BCUT2D eigenvalue weighted by atomic mass is 16.5. The van der Waals surface area contributed by atoms with Gasteiger partial charge in [-0.25, -0.2) is 0 Å². The lowest BCUT2D eigenvalue weighted by Gasteiger charge is -2.23. The van der Waals surface area contributed by atoms with Gasteiger partial charge in [-0.3, -0.25) is 0 Å². The Morgan fingerprint density at radius 3 is 2.00 bits per heavy atom. The number of hydrogen-bond acceptors (Lipinski definition) is 2. The van der Waals surface area contributed by atoms with Gasteiger partial charge in [0, 0.05) is 5.69 Å². The molecule has 2 heteroatoms. The van der Waals surface area contributed by atoms with Crippen molar-refractivity contribution in [1.82, 2.24) is 0 Å².